The van der Waals surface area contributed by atoms with Crippen LogP contribution in [0, 0.1) is 0 Å². The Morgan fingerprint density at radius 1 is 0.533 bits per heavy atom. The molecule has 1 aliphatic heterocycles. The van der Waals surface area contributed by atoms with Gasteiger partial charge in [0.15, 0.2) is 11.5 Å². The molecule has 1 aliphatic rings. The third-order valence-electron chi connectivity index (χ3n) is 4.51. The SMILES string of the molecule is c1ccc2c(c1)OCCO2.c1ccc2cnccc2c1.c1ccc2ncccc2c1. The van der Waals surface area contributed by atoms with Gasteiger partial charge in [0, 0.05) is 24.0 Å². The lowest BCUT2D eigenvalue weighted by molar-refractivity contribution is 0.171. The number of hydrogen-bond donors (Lipinski definition) is 0. The Hall–Kier alpha value is -3.92. The third kappa shape index (κ3) is 5.11. The van der Waals surface area contributed by atoms with Gasteiger partial charge in [-0.15, -0.1) is 0 Å². The van der Waals surface area contributed by atoms with Crippen molar-refractivity contribution < 1.29 is 9.47 Å². The molecule has 0 bridgehead atoms. The fourth-order valence-corrected chi connectivity index (χ4v) is 3.03. The van der Waals surface area contributed by atoms with Crippen molar-refractivity contribution in [2.45, 2.75) is 0 Å². The number of aromatic nitrogens is 2. The van der Waals surface area contributed by atoms with Gasteiger partial charge in [0.2, 0.25) is 0 Å². The maximum absolute atomic E-state index is 5.30. The summed E-state index contributed by atoms with van der Waals surface area (Å²) in [7, 11) is 0. The van der Waals surface area contributed by atoms with E-state index in [4.69, 9.17) is 9.47 Å². The molecule has 5 aromatic rings. The molecule has 0 amide bonds. The van der Waals surface area contributed by atoms with Crippen LogP contribution in [0.5, 0.6) is 11.5 Å². The van der Waals surface area contributed by atoms with Gasteiger partial charge in [0.05, 0.1) is 5.52 Å². The molecule has 4 heteroatoms. The van der Waals surface area contributed by atoms with Crippen molar-refractivity contribution in [2.24, 2.45) is 0 Å². The number of fused-ring (bicyclic) bond motifs is 3. The Labute approximate surface area is 175 Å². The zero-order valence-electron chi connectivity index (χ0n) is 16.5. The van der Waals surface area contributed by atoms with Crippen molar-refractivity contribution in [3.63, 3.8) is 0 Å². The average Bonchev–Trinajstić information content (AvgIpc) is 2.85. The van der Waals surface area contributed by atoms with Gasteiger partial charge in [0.25, 0.3) is 0 Å². The average molecular weight is 394 g/mol. The summed E-state index contributed by atoms with van der Waals surface area (Å²) >= 11 is 0. The van der Waals surface area contributed by atoms with E-state index in [-0.39, 0.29) is 0 Å². The van der Waals surface area contributed by atoms with Crippen LogP contribution < -0.4 is 9.47 Å². The van der Waals surface area contributed by atoms with Crippen LogP contribution in [-0.4, -0.2) is 23.2 Å². The molecule has 0 radical (unpaired) electrons. The van der Waals surface area contributed by atoms with Crippen LogP contribution in [0.15, 0.2) is 110 Å². The maximum atomic E-state index is 5.30. The minimum atomic E-state index is 0.664. The zero-order chi connectivity index (χ0) is 20.4. The van der Waals surface area contributed by atoms with Crippen molar-refractivity contribution in [3.8, 4) is 11.5 Å². The Kier molecular flexibility index (Phi) is 6.48. The number of pyridine rings is 2. The zero-order valence-corrected chi connectivity index (χ0v) is 16.5. The minimum absolute atomic E-state index is 0.664. The fraction of sp³-hybridized carbons (Fsp3) is 0.0769. The van der Waals surface area contributed by atoms with E-state index in [1.165, 1.54) is 16.2 Å². The molecule has 0 unspecified atom stereocenters. The maximum Gasteiger partial charge on any atom is 0.161 e. The Balaban J connectivity index is 0.000000109. The molecule has 0 atom stereocenters. The van der Waals surface area contributed by atoms with Crippen molar-refractivity contribution in [1.29, 1.82) is 0 Å². The van der Waals surface area contributed by atoms with Gasteiger partial charge in [-0.1, -0.05) is 60.7 Å². The van der Waals surface area contributed by atoms with E-state index in [2.05, 4.69) is 34.2 Å². The number of rotatable bonds is 0. The lowest BCUT2D eigenvalue weighted by atomic mass is 10.2. The van der Waals surface area contributed by atoms with Crippen molar-refractivity contribution in [1.82, 2.24) is 9.97 Å². The predicted molar refractivity (Wildman–Crippen MR) is 121 cm³/mol. The summed E-state index contributed by atoms with van der Waals surface area (Å²) in [5.41, 5.74) is 1.06. The van der Waals surface area contributed by atoms with Gasteiger partial charge in [0.1, 0.15) is 13.2 Å². The molecule has 0 N–H and O–H groups in total. The highest BCUT2D eigenvalue weighted by atomic mass is 16.6. The van der Waals surface area contributed by atoms with Crippen LogP contribution in [0.3, 0.4) is 0 Å². The van der Waals surface area contributed by atoms with Gasteiger partial charge in [-0.3, -0.25) is 9.97 Å². The first kappa shape index (κ1) is 19.4. The largest absolute Gasteiger partial charge is 0.486 e. The summed E-state index contributed by atoms with van der Waals surface area (Å²) in [6, 6.07) is 30.0. The highest BCUT2D eigenvalue weighted by Gasteiger charge is 2.07. The van der Waals surface area contributed by atoms with Crippen molar-refractivity contribution in [3.05, 3.63) is 110 Å². The predicted octanol–water partition coefficient (Wildman–Crippen LogP) is 5.93. The number of ether oxygens (including phenoxy) is 2. The first-order chi connectivity index (χ1) is 14.9. The normalized spacial score (nSPS) is 11.6. The second-order valence-electron chi connectivity index (χ2n) is 6.56. The van der Waals surface area contributed by atoms with Gasteiger partial charge in [-0.25, -0.2) is 0 Å². The van der Waals surface area contributed by atoms with Crippen molar-refractivity contribution >= 4 is 21.7 Å². The molecular formula is C26H22N2O2. The van der Waals surface area contributed by atoms with Gasteiger partial charge in [-0.05, 0) is 41.1 Å². The summed E-state index contributed by atoms with van der Waals surface area (Å²) < 4.78 is 10.6. The van der Waals surface area contributed by atoms with E-state index < -0.39 is 0 Å². The monoisotopic (exact) mass is 394 g/mol. The van der Waals surface area contributed by atoms with E-state index in [1.54, 1.807) is 0 Å². The molecule has 0 aliphatic carbocycles. The number of nitrogens with zero attached hydrogens (tertiary/aromatic N) is 2. The summed E-state index contributed by atoms with van der Waals surface area (Å²) in [5, 5.41) is 3.65. The smallest absolute Gasteiger partial charge is 0.161 e. The first-order valence-corrected chi connectivity index (χ1v) is 9.83. The molecule has 0 saturated carbocycles. The van der Waals surface area contributed by atoms with Crippen LogP contribution in [-0.2, 0) is 0 Å². The molecule has 3 aromatic carbocycles. The molecule has 2 aromatic heterocycles. The standard InChI is InChI=1S/2C9H7N.C8H8O2/c1-2-6-9-8(4-1)5-3-7-10-9;1-2-4-9-7-10-6-5-8(9)3-1;1-2-4-8-7(3-1)9-5-6-10-8/h2*1-7H;1-4H,5-6H2. The van der Waals surface area contributed by atoms with E-state index >= 15 is 0 Å². The lowest BCUT2D eigenvalue weighted by Gasteiger charge is -2.17. The molecule has 0 saturated heterocycles. The van der Waals surface area contributed by atoms with Gasteiger partial charge < -0.3 is 9.47 Å². The minimum Gasteiger partial charge on any atom is -0.486 e. The molecular weight excluding hydrogens is 372 g/mol. The topological polar surface area (TPSA) is 44.2 Å². The second-order valence-corrected chi connectivity index (χ2v) is 6.56. The molecule has 148 valence electrons. The quantitative estimate of drug-likeness (QED) is 0.327. The highest BCUT2D eigenvalue weighted by molar-refractivity contribution is 5.81. The summed E-state index contributed by atoms with van der Waals surface area (Å²) in [4.78, 5) is 8.19. The van der Waals surface area contributed by atoms with Gasteiger partial charge >= 0.3 is 0 Å². The summed E-state index contributed by atoms with van der Waals surface area (Å²) in [6.07, 6.45) is 5.49. The van der Waals surface area contributed by atoms with E-state index in [1.807, 2.05) is 85.3 Å². The molecule has 4 nitrogen and oxygen atoms in total. The highest BCUT2D eigenvalue weighted by Crippen LogP contribution is 2.28. The van der Waals surface area contributed by atoms with E-state index in [0.717, 1.165) is 17.0 Å². The molecule has 0 fully saturated rings. The van der Waals surface area contributed by atoms with Crippen LogP contribution >= 0.6 is 0 Å². The number of para-hydroxylation sites is 3. The first-order valence-electron chi connectivity index (χ1n) is 9.83. The molecule has 6 rings (SSSR count). The summed E-state index contributed by atoms with van der Waals surface area (Å²) in [5.74, 6) is 1.71. The Morgan fingerprint density at radius 3 is 1.83 bits per heavy atom. The lowest BCUT2D eigenvalue weighted by Crippen LogP contribution is -2.14. The molecule has 0 spiro atoms. The fourth-order valence-electron chi connectivity index (χ4n) is 3.03. The third-order valence-corrected chi connectivity index (χ3v) is 4.51. The number of benzene rings is 3. The molecule has 30 heavy (non-hydrogen) atoms. The Bertz CT molecular complexity index is 996. The van der Waals surface area contributed by atoms with Crippen molar-refractivity contribution in [2.75, 3.05) is 13.2 Å². The van der Waals surface area contributed by atoms with Crippen LogP contribution in [0.2, 0.25) is 0 Å². The van der Waals surface area contributed by atoms with Gasteiger partial charge in [-0.2, -0.15) is 0 Å². The number of hydrogen-bond acceptors (Lipinski definition) is 4. The van der Waals surface area contributed by atoms with Crippen LogP contribution in [0.4, 0.5) is 0 Å². The van der Waals surface area contributed by atoms with Crippen LogP contribution in [0.25, 0.3) is 21.7 Å². The summed E-state index contributed by atoms with van der Waals surface area (Å²) in [6.45, 7) is 1.33. The molecule has 3 heterocycles. The Morgan fingerprint density at radius 2 is 1.13 bits per heavy atom. The van der Waals surface area contributed by atoms with E-state index in [9.17, 15) is 0 Å². The van der Waals surface area contributed by atoms with Crippen LogP contribution in [0.1, 0.15) is 0 Å². The second kappa shape index (κ2) is 10.0. The van der Waals surface area contributed by atoms with E-state index in [0.29, 0.717) is 13.2 Å².